The molecule has 2 aromatic rings. The van der Waals surface area contributed by atoms with E-state index in [0.717, 1.165) is 6.42 Å². The van der Waals surface area contributed by atoms with Crippen molar-refractivity contribution in [1.82, 2.24) is 24.9 Å². The number of nitrogens with zero attached hydrogens (tertiary/aromatic N) is 7. The van der Waals surface area contributed by atoms with Crippen LogP contribution in [0.4, 0.5) is 5.82 Å². The Balaban J connectivity index is 1.75. The van der Waals surface area contributed by atoms with E-state index in [9.17, 15) is 4.79 Å². The molecule has 1 amide bonds. The van der Waals surface area contributed by atoms with Crippen molar-refractivity contribution in [3.63, 3.8) is 0 Å². The van der Waals surface area contributed by atoms with Gasteiger partial charge in [-0.05, 0) is 25.5 Å². The molecule has 1 fully saturated rings. The van der Waals surface area contributed by atoms with Crippen LogP contribution in [0.3, 0.4) is 0 Å². The Hall–Kier alpha value is -2.66. The molecule has 0 spiro atoms. The molecule has 3 rings (SSSR count). The zero-order valence-electron chi connectivity index (χ0n) is 14.1. The van der Waals surface area contributed by atoms with Crippen LogP contribution in [0.1, 0.15) is 29.4 Å². The van der Waals surface area contributed by atoms with Gasteiger partial charge in [0.1, 0.15) is 11.2 Å². The zero-order valence-corrected chi connectivity index (χ0v) is 14.8. The molecule has 2 aromatic heterocycles. The topological polar surface area (TPSA) is 90.9 Å². The van der Waals surface area contributed by atoms with E-state index in [-0.39, 0.29) is 17.6 Å². The second-order valence-corrected chi connectivity index (χ2v) is 6.34. The highest BCUT2D eigenvalue weighted by molar-refractivity contribution is 6.32. The summed E-state index contributed by atoms with van der Waals surface area (Å²) in [6.07, 6.45) is 2.30. The molecule has 0 radical (unpaired) electrons. The highest BCUT2D eigenvalue weighted by Gasteiger charge is 2.27. The maximum absolute atomic E-state index is 12.7. The lowest BCUT2D eigenvalue weighted by Gasteiger charge is -2.27. The number of halogens is 1. The Morgan fingerprint density at radius 2 is 2.12 bits per heavy atom. The van der Waals surface area contributed by atoms with E-state index in [0.29, 0.717) is 36.2 Å². The van der Waals surface area contributed by atoms with E-state index in [1.54, 1.807) is 24.1 Å². The monoisotopic (exact) mass is 359 g/mol. The molecule has 1 aliphatic rings. The predicted molar refractivity (Wildman–Crippen MR) is 92.3 cm³/mol. The van der Waals surface area contributed by atoms with Gasteiger partial charge in [-0.1, -0.05) is 11.6 Å². The van der Waals surface area contributed by atoms with Crippen LogP contribution in [0.5, 0.6) is 0 Å². The molecule has 1 aliphatic heterocycles. The molecule has 1 saturated heterocycles. The highest BCUT2D eigenvalue weighted by atomic mass is 35.5. The van der Waals surface area contributed by atoms with Gasteiger partial charge in [0.05, 0.1) is 11.8 Å². The molecule has 3 heterocycles. The second-order valence-electron chi connectivity index (χ2n) is 5.98. The van der Waals surface area contributed by atoms with E-state index in [1.165, 1.54) is 10.9 Å². The van der Waals surface area contributed by atoms with Crippen molar-refractivity contribution in [3.05, 3.63) is 34.7 Å². The van der Waals surface area contributed by atoms with Crippen LogP contribution in [0, 0.1) is 11.3 Å². The molecule has 9 heteroatoms. The van der Waals surface area contributed by atoms with Crippen molar-refractivity contribution in [2.24, 2.45) is 7.05 Å². The van der Waals surface area contributed by atoms with Crippen molar-refractivity contribution in [1.29, 1.82) is 5.26 Å². The maximum atomic E-state index is 12.7. The summed E-state index contributed by atoms with van der Waals surface area (Å²) in [7, 11) is 1.70. The molecule has 0 saturated carbocycles. The molecule has 8 nitrogen and oxygen atoms in total. The van der Waals surface area contributed by atoms with Gasteiger partial charge in [-0.2, -0.15) is 10.4 Å². The third-order valence-electron chi connectivity index (χ3n) is 4.40. The van der Waals surface area contributed by atoms with Crippen molar-refractivity contribution in [2.75, 3.05) is 24.5 Å². The van der Waals surface area contributed by atoms with Crippen LogP contribution in [0.25, 0.3) is 0 Å². The average Bonchev–Trinajstić information content (AvgIpc) is 2.84. The Morgan fingerprint density at radius 3 is 2.72 bits per heavy atom. The second kappa shape index (κ2) is 7.07. The number of anilines is 1. The summed E-state index contributed by atoms with van der Waals surface area (Å²) in [6, 6.07) is 5.60. The highest BCUT2D eigenvalue weighted by Crippen LogP contribution is 2.21. The summed E-state index contributed by atoms with van der Waals surface area (Å²) in [5.41, 5.74) is 0.706. The van der Waals surface area contributed by atoms with Crippen LogP contribution >= 0.6 is 11.6 Å². The summed E-state index contributed by atoms with van der Waals surface area (Å²) in [6.45, 7) is 3.90. The number of carbonyl (C=O) groups is 1. The smallest absolute Gasteiger partial charge is 0.258 e. The Morgan fingerprint density at radius 1 is 1.32 bits per heavy atom. The quantitative estimate of drug-likeness (QED) is 0.806. The van der Waals surface area contributed by atoms with Crippen LogP contribution in [0.2, 0.25) is 5.15 Å². The SMILES string of the molecule is CC1CCN(C(=O)c2cnn(C)c2Cl)CCN1c1ccc(C#N)nn1. The first kappa shape index (κ1) is 17.2. The van der Waals surface area contributed by atoms with Gasteiger partial charge in [0.25, 0.3) is 5.91 Å². The summed E-state index contributed by atoms with van der Waals surface area (Å²) in [4.78, 5) is 16.6. The number of carbonyl (C=O) groups excluding carboxylic acids is 1. The van der Waals surface area contributed by atoms with Gasteiger partial charge in [0.15, 0.2) is 11.5 Å². The van der Waals surface area contributed by atoms with Crippen molar-refractivity contribution in [2.45, 2.75) is 19.4 Å². The minimum absolute atomic E-state index is 0.113. The minimum atomic E-state index is -0.113. The van der Waals surface area contributed by atoms with Crippen LogP contribution < -0.4 is 4.90 Å². The Labute approximate surface area is 150 Å². The first-order valence-corrected chi connectivity index (χ1v) is 8.36. The number of aromatic nitrogens is 4. The molecule has 1 atom stereocenters. The van der Waals surface area contributed by atoms with Crippen molar-refractivity contribution < 1.29 is 4.79 Å². The molecule has 1 unspecified atom stereocenters. The first-order valence-electron chi connectivity index (χ1n) is 7.98. The van der Waals surface area contributed by atoms with E-state index in [1.807, 2.05) is 6.07 Å². The normalized spacial score (nSPS) is 17.9. The fourth-order valence-electron chi connectivity index (χ4n) is 2.88. The summed E-state index contributed by atoms with van der Waals surface area (Å²) < 4.78 is 1.48. The standard InChI is InChI=1S/C16H18ClN7O/c1-11-5-6-23(16(25)13-10-19-22(2)15(13)17)7-8-24(11)14-4-3-12(9-18)20-21-14/h3-4,10-11H,5-8H2,1-2H3. The van der Waals surface area contributed by atoms with Crippen molar-refractivity contribution >= 4 is 23.3 Å². The largest absolute Gasteiger partial charge is 0.351 e. The van der Waals surface area contributed by atoms with Gasteiger partial charge < -0.3 is 9.80 Å². The van der Waals surface area contributed by atoms with Crippen LogP contribution in [-0.2, 0) is 7.05 Å². The number of hydrogen-bond acceptors (Lipinski definition) is 6. The fraction of sp³-hybridized carbons (Fsp3) is 0.438. The summed E-state index contributed by atoms with van der Waals surface area (Å²) >= 11 is 6.14. The van der Waals surface area contributed by atoms with Gasteiger partial charge in [-0.25, -0.2) is 0 Å². The lowest BCUT2D eigenvalue weighted by atomic mass is 10.2. The number of rotatable bonds is 2. The van der Waals surface area contributed by atoms with Gasteiger partial charge in [-0.15, -0.1) is 10.2 Å². The minimum Gasteiger partial charge on any atom is -0.351 e. The third kappa shape index (κ3) is 3.42. The van der Waals surface area contributed by atoms with Crippen molar-refractivity contribution in [3.8, 4) is 6.07 Å². The van der Waals surface area contributed by atoms with Gasteiger partial charge in [0.2, 0.25) is 0 Å². The molecule has 0 bridgehead atoms. The molecular formula is C16H18ClN7O. The van der Waals surface area contributed by atoms with Gasteiger partial charge in [-0.3, -0.25) is 9.48 Å². The molecule has 130 valence electrons. The number of nitriles is 1. The lowest BCUT2D eigenvalue weighted by Crippen LogP contribution is -2.37. The van der Waals surface area contributed by atoms with E-state index >= 15 is 0 Å². The predicted octanol–water partition coefficient (Wildman–Crippen LogP) is 1.48. The van der Waals surface area contributed by atoms with E-state index in [2.05, 4.69) is 27.1 Å². The molecular weight excluding hydrogens is 342 g/mol. The number of amides is 1. The maximum Gasteiger partial charge on any atom is 0.258 e. The summed E-state index contributed by atoms with van der Waals surface area (Å²) in [5, 5.41) is 21.2. The van der Waals surface area contributed by atoms with E-state index in [4.69, 9.17) is 16.9 Å². The molecule has 0 N–H and O–H groups in total. The Bertz CT molecular complexity index is 811. The number of hydrogen-bond donors (Lipinski definition) is 0. The van der Waals surface area contributed by atoms with Crippen LogP contribution in [-0.4, -0.2) is 56.5 Å². The van der Waals surface area contributed by atoms with Gasteiger partial charge >= 0.3 is 0 Å². The third-order valence-corrected chi connectivity index (χ3v) is 4.85. The zero-order chi connectivity index (χ0) is 18.0. The average molecular weight is 360 g/mol. The van der Waals surface area contributed by atoms with Crippen LogP contribution in [0.15, 0.2) is 18.3 Å². The van der Waals surface area contributed by atoms with Gasteiger partial charge in [0, 0.05) is 32.7 Å². The lowest BCUT2D eigenvalue weighted by molar-refractivity contribution is 0.0766. The fourth-order valence-corrected chi connectivity index (χ4v) is 3.05. The molecule has 25 heavy (non-hydrogen) atoms. The molecule has 0 aromatic carbocycles. The Kier molecular flexibility index (Phi) is 4.86. The molecule has 0 aliphatic carbocycles. The summed E-state index contributed by atoms with van der Waals surface area (Å²) in [5.74, 6) is 0.596. The first-order chi connectivity index (χ1) is 12.0. The van der Waals surface area contributed by atoms with E-state index < -0.39 is 0 Å². The number of aryl methyl sites for hydroxylation is 1.